The normalized spacial score (nSPS) is 11.0. The van der Waals surface area contributed by atoms with Crippen LogP contribution in [0.5, 0.6) is 11.6 Å². The highest BCUT2D eigenvalue weighted by atomic mass is 16.5. The van der Waals surface area contributed by atoms with Gasteiger partial charge in [-0.1, -0.05) is 36.4 Å². The number of amides is 1. The van der Waals surface area contributed by atoms with Gasteiger partial charge in [-0.15, -0.1) is 0 Å². The number of aromatic hydroxyl groups is 1. The molecule has 0 unspecified atom stereocenters. The SMILES string of the molecule is COc1ncccc1-c1ccc(O)c(-c2nc3ccc(C(=O)NCCc4nc(-c5ccccc5)n[nH]4)cc3[nH]2)c1. The minimum atomic E-state index is -0.214. The number of hydrogen-bond acceptors (Lipinski definition) is 7. The fourth-order valence-corrected chi connectivity index (χ4v) is 4.46. The zero-order chi connectivity index (χ0) is 27.5. The molecule has 6 rings (SSSR count). The predicted octanol–water partition coefficient (Wildman–Crippen LogP) is 4.76. The fraction of sp³-hybridized carbons (Fsp3) is 0.100. The van der Waals surface area contributed by atoms with Crippen molar-refractivity contribution in [2.75, 3.05) is 13.7 Å². The van der Waals surface area contributed by atoms with E-state index < -0.39 is 0 Å². The number of methoxy groups -OCH3 is 1. The lowest BCUT2D eigenvalue weighted by atomic mass is 10.0. The van der Waals surface area contributed by atoms with Gasteiger partial charge in [-0.2, -0.15) is 5.10 Å². The number of phenols is 1. The summed E-state index contributed by atoms with van der Waals surface area (Å²) in [5.74, 6) is 2.15. The number of H-pyrrole nitrogens is 2. The Labute approximate surface area is 229 Å². The Bertz CT molecular complexity index is 1810. The van der Waals surface area contributed by atoms with Crippen LogP contribution in [-0.4, -0.2) is 54.8 Å². The van der Waals surface area contributed by atoms with E-state index in [2.05, 4.69) is 35.5 Å². The van der Waals surface area contributed by atoms with E-state index >= 15 is 0 Å². The molecular formula is C30H25N7O3. The number of fused-ring (bicyclic) bond motifs is 1. The maximum atomic E-state index is 12.8. The van der Waals surface area contributed by atoms with Gasteiger partial charge in [0.25, 0.3) is 5.91 Å². The van der Waals surface area contributed by atoms with Crippen LogP contribution in [0.4, 0.5) is 0 Å². The van der Waals surface area contributed by atoms with Crippen LogP contribution in [0.1, 0.15) is 16.2 Å². The van der Waals surface area contributed by atoms with Crippen molar-refractivity contribution in [3.05, 3.63) is 96.4 Å². The molecule has 0 fully saturated rings. The summed E-state index contributed by atoms with van der Waals surface area (Å²) in [6.45, 7) is 0.396. The van der Waals surface area contributed by atoms with E-state index in [4.69, 9.17) is 4.74 Å². The van der Waals surface area contributed by atoms with Crippen LogP contribution in [0.3, 0.4) is 0 Å². The summed E-state index contributed by atoms with van der Waals surface area (Å²) in [7, 11) is 1.57. The highest BCUT2D eigenvalue weighted by Gasteiger charge is 2.15. The van der Waals surface area contributed by atoms with Gasteiger partial charge in [-0.25, -0.2) is 15.0 Å². The van der Waals surface area contributed by atoms with Gasteiger partial charge in [-0.05, 0) is 48.0 Å². The number of phenolic OH excluding ortho intramolecular Hbond substituents is 1. The Hall–Kier alpha value is -5.51. The van der Waals surface area contributed by atoms with E-state index in [-0.39, 0.29) is 11.7 Å². The average Bonchev–Trinajstić information content (AvgIpc) is 3.65. The molecule has 10 heteroatoms. The summed E-state index contributed by atoms with van der Waals surface area (Å²) in [4.78, 5) is 29.5. The Kier molecular flexibility index (Phi) is 6.63. The average molecular weight is 532 g/mol. The summed E-state index contributed by atoms with van der Waals surface area (Å²) >= 11 is 0. The van der Waals surface area contributed by atoms with Crippen LogP contribution in [0.25, 0.3) is 44.9 Å². The first-order valence-electron chi connectivity index (χ1n) is 12.7. The zero-order valence-corrected chi connectivity index (χ0v) is 21.5. The number of nitrogens with zero attached hydrogens (tertiary/aromatic N) is 4. The maximum absolute atomic E-state index is 12.8. The molecule has 40 heavy (non-hydrogen) atoms. The number of imidazole rings is 1. The first-order chi connectivity index (χ1) is 19.6. The molecule has 0 bridgehead atoms. The monoisotopic (exact) mass is 531 g/mol. The van der Waals surface area contributed by atoms with Crippen molar-refractivity contribution < 1.29 is 14.6 Å². The summed E-state index contributed by atoms with van der Waals surface area (Å²) in [5.41, 5.74) is 4.90. The maximum Gasteiger partial charge on any atom is 0.251 e. The third-order valence-corrected chi connectivity index (χ3v) is 6.48. The lowest BCUT2D eigenvalue weighted by Gasteiger charge is -2.09. The molecule has 10 nitrogen and oxygen atoms in total. The molecule has 3 aromatic heterocycles. The van der Waals surface area contributed by atoms with Crippen LogP contribution in [0.2, 0.25) is 0 Å². The molecular weight excluding hydrogens is 506 g/mol. The number of aromatic nitrogens is 6. The molecule has 3 heterocycles. The molecule has 0 radical (unpaired) electrons. The number of benzene rings is 3. The van der Waals surface area contributed by atoms with Crippen molar-refractivity contribution in [3.8, 4) is 45.5 Å². The molecule has 198 valence electrons. The molecule has 3 aromatic carbocycles. The van der Waals surface area contributed by atoms with E-state index in [0.717, 1.165) is 16.7 Å². The third-order valence-electron chi connectivity index (χ3n) is 6.48. The van der Waals surface area contributed by atoms with Crippen molar-refractivity contribution in [2.45, 2.75) is 6.42 Å². The van der Waals surface area contributed by atoms with Gasteiger partial charge >= 0.3 is 0 Å². The smallest absolute Gasteiger partial charge is 0.251 e. The number of carbonyl (C=O) groups is 1. The molecule has 1 amide bonds. The van der Waals surface area contributed by atoms with Crippen molar-refractivity contribution in [3.63, 3.8) is 0 Å². The van der Waals surface area contributed by atoms with Gasteiger partial charge in [-0.3, -0.25) is 9.89 Å². The van der Waals surface area contributed by atoms with E-state index in [0.29, 0.717) is 58.5 Å². The Balaban J connectivity index is 1.17. The molecule has 6 aromatic rings. The minimum Gasteiger partial charge on any atom is -0.507 e. The van der Waals surface area contributed by atoms with Crippen LogP contribution in [0, 0.1) is 0 Å². The summed E-state index contributed by atoms with van der Waals surface area (Å²) in [6.07, 6.45) is 2.17. The van der Waals surface area contributed by atoms with E-state index in [1.807, 2.05) is 48.5 Å². The zero-order valence-electron chi connectivity index (χ0n) is 21.5. The summed E-state index contributed by atoms with van der Waals surface area (Å²) in [5, 5.41) is 20.7. The van der Waals surface area contributed by atoms with Crippen LogP contribution < -0.4 is 10.1 Å². The third kappa shape index (κ3) is 4.97. The van der Waals surface area contributed by atoms with Gasteiger partial charge in [0.1, 0.15) is 17.4 Å². The number of carbonyl (C=O) groups excluding carboxylic acids is 1. The Morgan fingerprint density at radius 3 is 2.67 bits per heavy atom. The molecule has 0 aliphatic rings. The van der Waals surface area contributed by atoms with Gasteiger partial charge in [0, 0.05) is 35.9 Å². The molecule has 0 saturated heterocycles. The molecule has 0 saturated carbocycles. The fourth-order valence-electron chi connectivity index (χ4n) is 4.46. The lowest BCUT2D eigenvalue weighted by Crippen LogP contribution is -2.25. The quantitative estimate of drug-likeness (QED) is 0.222. The first-order valence-corrected chi connectivity index (χ1v) is 12.7. The van der Waals surface area contributed by atoms with Crippen LogP contribution >= 0.6 is 0 Å². The van der Waals surface area contributed by atoms with E-state index in [9.17, 15) is 9.90 Å². The molecule has 0 spiro atoms. The number of aromatic amines is 2. The largest absolute Gasteiger partial charge is 0.507 e. The molecule has 0 aliphatic carbocycles. The lowest BCUT2D eigenvalue weighted by molar-refractivity contribution is 0.0954. The Morgan fingerprint density at radius 1 is 0.950 bits per heavy atom. The number of rotatable bonds is 8. The number of hydrogen-bond donors (Lipinski definition) is 4. The van der Waals surface area contributed by atoms with E-state index in [1.165, 1.54) is 0 Å². The van der Waals surface area contributed by atoms with Crippen molar-refractivity contribution in [2.24, 2.45) is 0 Å². The van der Waals surface area contributed by atoms with Gasteiger partial charge in [0.05, 0.1) is 23.7 Å². The van der Waals surface area contributed by atoms with Crippen molar-refractivity contribution in [1.82, 2.24) is 35.5 Å². The standard InChI is InChI=1S/C30H25N7O3/c1-40-30-21(8-5-14-32-30)19-10-12-25(38)22(16-19)28-33-23-11-9-20(17-24(23)34-28)29(39)31-15-13-26-35-27(37-36-26)18-6-3-2-4-7-18/h2-12,14,16-17,38H,13,15H2,1H3,(H,31,39)(H,33,34)(H,35,36,37). The highest BCUT2D eigenvalue weighted by molar-refractivity contribution is 5.97. The van der Waals surface area contributed by atoms with Gasteiger partial charge in [0.2, 0.25) is 5.88 Å². The number of nitrogens with one attached hydrogen (secondary N) is 3. The van der Waals surface area contributed by atoms with Crippen LogP contribution in [0.15, 0.2) is 85.1 Å². The minimum absolute atomic E-state index is 0.0754. The summed E-state index contributed by atoms with van der Waals surface area (Å²) in [6, 6.07) is 23.9. The number of ether oxygens (including phenoxy) is 1. The van der Waals surface area contributed by atoms with Crippen LogP contribution in [-0.2, 0) is 6.42 Å². The topological polar surface area (TPSA) is 142 Å². The second-order valence-electron chi connectivity index (χ2n) is 9.09. The molecule has 4 N–H and O–H groups in total. The second kappa shape index (κ2) is 10.7. The van der Waals surface area contributed by atoms with Gasteiger partial charge in [0.15, 0.2) is 5.82 Å². The predicted molar refractivity (Wildman–Crippen MR) is 151 cm³/mol. The van der Waals surface area contributed by atoms with E-state index in [1.54, 1.807) is 43.6 Å². The first kappa shape index (κ1) is 24.8. The molecule has 0 aliphatic heterocycles. The molecule has 0 atom stereocenters. The summed E-state index contributed by atoms with van der Waals surface area (Å²) < 4.78 is 5.39. The highest BCUT2D eigenvalue weighted by Crippen LogP contribution is 2.35. The Morgan fingerprint density at radius 2 is 1.82 bits per heavy atom. The number of pyridine rings is 1. The van der Waals surface area contributed by atoms with Gasteiger partial charge < -0.3 is 20.1 Å². The second-order valence-corrected chi connectivity index (χ2v) is 9.09. The van der Waals surface area contributed by atoms with Crippen molar-refractivity contribution in [1.29, 1.82) is 0 Å². The van der Waals surface area contributed by atoms with Crippen molar-refractivity contribution >= 4 is 16.9 Å².